The van der Waals surface area contributed by atoms with E-state index in [2.05, 4.69) is 28.1 Å². The van der Waals surface area contributed by atoms with Crippen molar-refractivity contribution in [3.8, 4) is 5.75 Å². The third-order valence-corrected chi connectivity index (χ3v) is 3.20. The van der Waals surface area contributed by atoms with Gasteiger partial charge in [-0.15, -0.1) is 0 Å². The van der Waals surface area contributed by atoms with Crippen LogP contribution in [-0.4, -0.2) is 11.8 Å². The second-order valence-corrected chi connectivity index (χ2v) is 5.40. The second kappa shape index (κ2) is 6.73. The van der Waals surface area contributed by atoms with Gasteiger partial charge in [0.15, 0.2) is 6.61 Å². The van der Waals surface area contributed by atoms with E-state index < -0.39 is 5.24 Å². The van der Waals surface area contributed by atoms with Gasteiger partial charge in [0, 0.05) is 10.9 Å². The van der Waals surface area contributed by atoms with Crippen LogP contribution in [0.3, 0.4) is 0 Å². The van der Waals surface area contributed by atoms with Crippen LogP contribution in [-0.2, 0) is 11.2 Å². The van der Waals surface area contributed by atoms with Crippen LogP contribution in [0.25, 0.3) is 0 Å². The lowest BCUT2D eigenvalue weighted by Crippen LogP contribution is -2.06. The Hall–Kier alpha value is -1.32. The molecule has 98 valence electrons. The lowest BCUT2D eigenvalue weighted by molar-refractivity contribution is -0.113. The third-order valence-electron chi connectivity index (χ3n) is 2.60. The van der Waals surface area contributed by atoms with Crippen LogP contribution in [0.15, 0.2) is 53.0 Å². The van der Waals surface area contributed by atoms with Gasteiger partial charge in [0.2, 0.25) is 0 Å². The van der Waals surface area contributed by atoms with Gasteiger partial charge >= 0.3 is 0 Å². The number of carbonyl (C=O) groups excluding carboxylic acids is 1. The molecule has 0 spiro atoms. The van der Waals surface area contributed by atoms with Gasteiger partial charge in [0.1, 0.15) is 5.75 Å². The summed E-state index contributed by atoms with van der Waals surface area (Å²) in [5, 5.41) is -0.506. The molecule has 2 nitrogen and oxygen atoms in total. The maximum Gasteiger partial charge on any atom is 0.259 e. The number of ether oxygens (including phenoxy) is 1. The van der Waals surface area contributed by atoms with Crippen LogP contribution in [0, 0.1) is 0 Å². The molecule has 19 heavy (non-hydrogen) atoms. The molecule has 2 aromatic carbocycles. The molecule has 0 saturated carbocycles. The Balaban J connectivity index is 2.22. The lowest BCUT2D eigenvalue weighted by atomic mass is 10.0. The van der Waals surface area contributed by atoms with E-state index in [0.717, 1.165) is 16.5 Å². The molecule has 0 saturated heterocycles. The Bertz CT molecular complexity index is 570. The molecule has 0 amide bonds. The fraction of sp³-hybridized carbons (Fsp3) is 0.133. The highest BCUT2D eigenvalue weighted by atomic mass is 79.9. The molecule has 0 aliphatic rings. The monoisotopic (exact) mass is 338 g/mol. The normalized spacial score (nSPS) is 10.2. The van der Waals surface area contributed by atoms with Crippen LogP contribution in [0.4, 0.5) is 0 Å². The Morgan fingerprint density at radius 2 is 1.89 bits per heavy atom. The summed E-state index contributed by atoms with van der Waals surface area (Å²) in [5.74, 6) is 0.682. The molecule has 4 heteroatoms. The predicted molar refractivity (Wildman–Crippen MR) is 79.7 cm³/mol. The molecule has 0 fully saturated rings. The first kappa shape index (κ1) is 14.1. The van der Waals surface area contributed by atoms with Crippen LogP contribution in [0.2, 0.25) is 0 Å². The van der Waals surface area contributed by atoms with Crippen LogP contribution in [0.1, 0.15) is 11.1 Å². The highest BCUT2D eigenvalue weighted by molar-refractivity contribution is 9.10. The van der Waals surface area contributed by atoms with Gasteiger partial charge in [0.25, 0.3) is 5.24 Å². The van der Waals surface area contributed by atoms with Crippen molar-refractivity contribution in [1.82, 2.24) is 0 Å². The van der Waals surface area contributed by atoms with Gasteiger partial charge in [-0.3, -0.25) is 4.79 Å². The molecule has 2 rings (SSSR count). The summed E-state index contributed by atoms with van der Waals surface area (Å²) in [4.78, 5) is 10.8. The van der Waals surface area contributed by atoms with Crippen molar-refractivity contribution < 1.29 is 9.53 Å². The number of hydrogen-bond acceptors (Lipinski definition) is 2. The van der Waals surface area contributed by atoms with Crippen molar-refractivity contribution in [3.63, 3.8) is 0 Å². The number of hydrogen-bond donors (Lipinski definition) is 0. The molecule has 0 radical (unpaired) electrons. The van der Waals surface area contributed by atoms with Gasteiger partial charge < -0.3 is 4.74 Å². The van der Waals surface area contributed by atoms with Gasteiger partial charge in [-0.05, 0) is 40.9 Å². The molecule has 0 aliphatic heterocycles. The number of benzene rings is 2. The van der Waals surface area contributed by atoms with E-state index in [0.29, 0.717) is 5.75 Å². The number of rotatable bonds is 5. The molecule has 0 heterocycles. The third kappa shape index (κ3) is 4.37. The van der Waals surface area contributed by atoms with E-state index >= 15 is 0 Å². The van der Waals surface area contributed by atoms with Crippen molar-refractivity contribution in [2.45, 2.75) is 6.42 Å². The van der Waals surface area contributed by atoms with E-state index in [9.17, 15) is 4.79 Å². The number of carbonyl (C=O) groups is 1. The topological polar surface area (TPSA) is 26.3 Å². The smallest absolute Gasteiger partial charge is 0.259 e. The van der Waals surface area contributed by atoms with E-state index in [-0.39, 0.29) is 6.61 Å². The second-order valence-electron chi connectivity index (χ2n) is 4.06. The van der Waals surface area contributed by atoms with Gasteiger partial charge in [0.05, 0.1) is 0 Å². The predicted octanol–water partition coefficient (Wildman–Crippen LogP) is 4.18. The Morgan fingerprint density at radius 3 is 2.58 bits per heavy atom. The zero-order valence-electron chi connectivity index (χ0n) is 10.1. The summed E-state index contributed by atoms with van der Waals surface area (Å²) in [7, 11) is 0. The highest BCUT2D eigenvalue weighted by Gasteiger charge is 2.07. The van der Waals surface area contributed by atoms with Crippen LogP contribution >= 0.6 is 27.5 Å². The van der Waals surface area contributed by atoms with Gasteiger partial charge in [-0.1, -0.05) is 46.3 Å². The van der Waals surface area contributed by atoms with Gasteiger partial charge in [-0.25, -0.2) is 0 Å². The first-order valence-corrected chi connectivity index (χ1v) is 6.96. The molecule has 0 aromatic heterocycles. The molecule has 0 bridgehead atoms. The van der Waals surface area contributed by atoms with Crippen molar-refractivity contribution in [3.05, 3.63) is 64.1 Å². The first-order chi connectivity index (χ1) is 9.15. The average Bonchev–Trinajstić information content (AvgIpc) is 2.39. The molecule has 0 aliphatic carbocycles. The van der Waals surface area contributed by atoms with Crippen LogP contribution < -0.4 is 4.74 Å². The summed E-state index contributed by atoms with van der Waals surface area (Å²) in [5.41, 5.74) is 2.20. The van der Waals surface area contributed by atoms with E-state index in [4.69, 9.17) is 16.3 Å². The molecular weight excluding hydrogens is 328 g/mol. The van der Waals surface area contributed by atoms with E-state index in [1.165, 1.54) is 5.56 Å². The van der Waals surface area contributed by atoms with Crippen LogP contribution in [0.5, 0.6) is 5.75 Å². The van der Waals surface area contributed by atoms with Crippen molar-refractivity contribution >= 4 is 32.8 Å². The van der Waals surface area contributed by atoms with E-state index in [1.54, 1.807) is 0 Å². The summed E-state index contributed by atoms with van der Waals surface area (Å²) in [6, 6.07) is 15.8. The maximum atomic E-state index is 10.8. The Morgan fingerprint density at radius 1 is 1.16 bits per heavy atom. The SMILES string of the molecule is O=C(Cl)COc1ccc(Br)cc1Cc1ccccc1. The molecule has 0 N–H and O–H groups in total. The summed E-state index contributed by atoms with van der Waals surface area (Å²) in [6.45, 7) is -0.120. The Kier molecular flexibility index (Phi) is 5.00. The minimum Gasteiger partial charge on any atom is -0.484 e. The minimum atomic E-state index is -0.506. The minimum absolute atomic E-state index is 0.120. The van der Waals surface area contributed by atoms with Gasteiger partial charge in [-0.2, -0.15) is 0 Å². The van der Waals surface area contributed by atoms with Crippen molar-refractivity contribution in [1.29, 1.82) is 0 Å². The maximum absolute atomic E-state index is 10.8. The Labute approximate surface area is 125 Å². The molecule has 0 unspecified atom stereocenters. The largest absolute Gasteiger partial charge is 0.484 e. The fourth-order valence-electron chi connectivity index (χ4n) is 1.78. The average molecular weight is 340 g/mol. The van der Waals surface area contributed by atoms with E-state index in [1.807, 2.05) is 36.4 Å². The summed E-state index contributed by atoms with van der Waals surface area (Å²) in [6.07, 6.45) is 0.742. The zero-order chi connectivity index (χ0) is 13.7. The van der Waals surface area contributed by atoms with Crippen molar-refractivity contribution in [2.75, 3.05) is 6.61 Å². The lowest BCUT2D eigenvalue weighted by Gasteiger charge is -2.11. The summed E-state index contributed by atoms with van der Waals surface area (Å²) < 4.78 is 6.40. The standard InChI is InChI=1S/C15H12BrClO2/c16-13-6-7-14(19-10-15(17)18)12(9-13)8-11-4-2-1-3-5-11/h1-7,9H,8,10H2. The quantitative estimate of drug-likeness (QED) is 0.764. The molecule has 2 aromatic rings. The first-order valence-electron chi connectivity index (χ1n) is 5.78. The molecule has 0 atom stereocenters. The number of halogens is 2. The molecular formula is C15H12BrClO2. The fourth-order valence-corrected chi connectivity index (χ4v) is 2.24. The highest BCUT2D eigenvalue weighted by Crippen LogP contribution is 2.25. The zero-order valence-corrected chi connectivity index (χ0v) is 12.4. The summed E-state index contributed by atoms with van der Waals surface area (Å²) >= 11 is 8.74. The van der Waals surface area contributed by atoms with Crippen molar-refractivity contribution in [2.24, 2.45) is 0 Å².